The van der Waals surface area contributed by atoms with Crippen molar-refractivity contribution >= 4 is 25.9 Å². The first-order chi connectivity index (χ1) is 8.86. The molecule has 0 heterocycles. The van der Waals surface area contributed by atoms with Gasteiger partial charge in [-0.15, -0.1) is 0 Å². The van der Waals surface area contributed by atoms with Crippen molar-refractivity contribution in [2.45, 2.75) is 0 Å². The molecular formula is C6H4B2F8N4. The van der Waals surface area contributed by atoms with Crippen molar-refractivity contribution in [3.05, 3.63) is 34.2 Å². The van der Waals surface area contributed by atoms with Crippen LogP contribution in [0.1, 0.15) is 0 Å². The van der Waals surface area contributed by atoms with E-state index in [0.717, 1.165) is 0 Å². The Kier molecular flexibility index (Phi) is 8.67. The molecule has 0 N–H and O–H groups in total. The zero-order valence-electron chi connectivity index (χ0n) is 9.28. The third kappa shape index (κ3) is 24.7. The minimum absolute atomic E-state index is 0.371. The Balaban J connectivity index is 0. The van der Waals surface area contributed by atoms with E-state index in [2.05, 4.69) is 9.95 Å². The fraction of sp³-hybridized carbons (Fsp3) is 0. The van der Waals surface area contributed by atoms with E-state index in [0.29, 0.717) is 11.4 Å². The van der Waals surface area contributed by atoms with Crippen LogP contribution in [0.15, 0.2) is 24.3 Å². The molecule has 0 aliphatic heterocycles. The summed E-state index contributed by atoms with van der Waals surface area (Å²) in [6.07, 6.45) is 0. The first-order valence-corrected chi connectivity index (χ1v) is 4.41. The molecule has 1 rings (SSSR count). The SMILES string of the molecule is F[B-](F)(F)F.F[B-](F)(F)F.N#[N+]c1cccc([N+]#N)c1. The van der Waals surface area contributed by atoms with Crippen LogP contribution in [0.25, 0.3) is 9.95 Å². The molecule has 0 aliphatic rings. The quantitative estimate of drug-likeness (QED) is 0.373. The van der Waals surface area contributed by atoms with Crippen LogP contribution < -0.4 is 0 Å². The molecule has 1 aromatic carbocycles. The van der Waals surface area contributed by atoms with Crippen molar-refractivity contribution in [1.82, 2.24) is 0 Å². The van der Waals surface area contributed by atoms with E-state index in [-0.39, 0.29) is 0 Å². The van der Waals surface area contributed by atoms with Crippen LogP contribution in [0.5, 0.6) is 0 Å². The van der Waals surface area contributed by atoms with Gasteiger partial charge in [-0.1, -0.05) is 0 Å². The highest BCUT2D eigenvalue weighted by atomic mass is 19.5. The zero-order valence-corrected chi connectivity index (χ0v) is 9.28. The van der Waals surface area contributed by atoms with Crippen LogP contribution in [-0.4, -0.2) is 14.5 Å². The second-order valence-electron chi connectivity index (χ2n) is 2.71. The van der Waals surface area contributed by atoms with E-state index in [9.17, 15) is 34.5 Å². The van der Waals surface area contributed by atoms with Gasteiger partial charge >= 0.3 is 25.9 Å². The molecule has 20 heavy (non-hydrogen) atoms. The molecule has 0 aromatic heterocycles. The lowest BCUT2D eigenvalue weighted by Gasteiger charge is -1.94. The Morgan fingerprint density at radius 2 is 0.950 bits per heavy atom. The fourth-order valence-electron chi connectivity index (χ4n) is 0.617. The van der Waals surface area contributed by atoms with Gasteiger partial charge in [0.1, 0.15) is 6.07 Å². The first-order valence-electron chi connectivity index (χ1n) is 4.41. The molecule has 0 fully saturated rings. The minimum atomic E-state index is -6.00. The summed E-state index contributed by atoms with van der Waals surface area (Å²) in [6.45, 7) is 0. The Morgan fingerprint density at radius 1 is 0.700 bits per heavy atom. The van der Waals surface area contributed by atoms with Crippen LogP contribution >= 0.6 is 0 Å². The zero-order chi connectivity index (χ0) is 16.4. The summed E-state index contributed by atoms with van der Waals surface area (Å²) in [6, 6.07) is 6.26. The number of halogens is 8. The first kappa shape index (κ1) is 20.0. The van der Waals surface area contributed by atoms with E-state index in [1.807, 2.05) is 0 Å². The number of hydrogen-bond donors (Lipinski definition) is 0. The smallest absolute Gasteiger partial charge is 0.418 e. The molecule has 110 valence electrons. The van der Waals surface area contributed by atoms with Gasteiger partial charge in [0.05, 0.1) is 0 Å². The Hall–Kier alpha value is -2.37. The van der Waals surface area contributed by atoms with Gasteiger partial charge in [0.2, 0.25) is 10.8 Å². The number of benzene rings is 1. The van der Waals surface area contributed by atoms with Gasteiger partial charge in [-0.2, -0.15) is 0 Å². The van der Waals surface area contributed by atoms with Crippen molar-refractivity contribution in [2.75, 3.05) is 0 Å². The van der Waals surface area contributed by atoms with Gasteiger partial charge in [0.25, 0.3) is 0 Å². The number of hydrogen-bond acceptors (Lipinski definition) is 2. The highest BCUT2D eigenvalue weighted by Gasteiger charge is 2.21. The molecule has 0 bridgehead atoms. The molecule has 4 nitrogen and oxygen atoms in total. The predicted octanol–water partition coefficient (Wildman–Crippen LogP) is 5.26. The number of diazo groups is 2. The summed E-state index contributed by atoms with van der Waals surface area (Å²) in [5, 5.41) is 16.5. The topological polar surface area (TPSA) is 56.3 Å². The van der Waals surface area contributed by atoms with E-state index in [1.54, 1.807) is 18.2 Å². The lowest BCUT2D eigenvalue weighted by atomic mass is 10.3. The molecule has 0 atom stereocenters. The van der Waals surface area contributed by atoms with Crippen molar-refractivity contribution in [2.24, 2.45) is 0 Å². The maximum Gasteiger partial charge on any atom is 0.673 e. The van der Waals surface area contributed by atoms with Crippen LogP contribution in [0, 0.1) is 10.8 Å². The highest BCUT2D eigenvalue weighted by Crippen LogP contribution is 2.19. The Labute approximate surface area is 106 Å². The Morgan fingerprint density at radius 3 is 1.15 bits per heavy atom. The van der Waals surface area contributed by atoms with Gasteiger partial charge in [-0.3, -0.25) is 0 Å². The maximum atomic E-state index is 9.75. The third-order valence-electron chi connectivity index (χ3n) is 1.06. The van der Waals surface area contributed by atoms with Gasteiger partial charge < -0.3 is 34.5 Å². The number of rotatable bonds is 0. The molecule has 14 heteroatoms. The summed E-state index contributed by atoms with van der Waals surface area (Å²) in [5.41, 5.74) is 0.741. The molecule has 0 saturated carbocycles. The van der Waals surface area contributed by atoms with Gasteiger partial charge in [0, 0.05) is 12.1 Å². The highest BCUT2D eigenvalue weighted by molar-refractivity contribution is 6.50. The summed E-state index contributed by atoms with van der Waals surface area (Å²) < 4.78 is 78.0. The summed E-state index contributed by atoms with van der Waals surface area (Å²) in [4.78, 5) is 5.82. The molecule has 1 aromatic rings. The average Bonchev–Trinajstić information content (AvgIpc) is 2.24. The maximum absolute atomic E-state index is 9.75. The van der Waals surface area contributed by atoms with E-state index >= 15 is 0 Å². The van der Waals surface area contributed by atoms with Crippen LogP contribution in [0.2, 0.25) is 0 Å². The monoisotopic (exact) mass is 306 g/mol. The van der Waals surface area contributed by atoms with Crippen molar-refractivity contribution in [3.63, 3.8) is 0 Å². The lowest BCUT2D eigenvalue weighted by Crippen LogP contribution is -2.02. The predicted molar refractivity (Wildman–Crippen MR) is 56.3 cm³/mol. The summed E-state index contributed by atoms with van der Waals surface area (Å²) in [5.74, 6) is 0. The molecule has 0 aliphatic carbocycles. The van der Waals surface area contributed by atoms with Crippen LogP contribution in [-0.2, 0) is 0 Å². The van der Waals surface area contributed by atoms with E-state index < -0.39 is 14.5 Å². The summed E-state index contributed by atoms with van der Waals surface area (Å²) in [7, 11) is -12.0. The average molecular weight is 306 g/mol. The van der Waals surface area contributed by atoms with Crippen LogP contribution in [0.4, 0.5) is 45.9 Å². The molecule has 0 saturated heterocycles. The molecule has 0 unspecified atom stereocenters. The van der Waals surface area contributed by atoms with Crippen molar-refractivity contribution in [1.29, 1.82) is 10.8 Å². The second-order valence-corrected chi connectivity index (χ2v) is 2.71. The largest absolute Gasteiger partial charge is 0.673 e. The molecular weight excluding hydrogens is 302 g/mol. The molecule has 0 amide bonds. The fourth-order valence-corrected chi connectivity index (χ4v) is 0.617. The van der Waals surface area contributed by atoms with Gasteiger partial charge in [0.15, 0.2) is 9.95 Å². The van der Waals surface area contributed by atoms with Gasteiger partial charge in [-0.25, -0.2) is 0 Å². The lowest BCUT2D eigenvalue weighted by molar-refractivity contribution is 0.366. The molecule has 0 radical (unpaired) electrons. The molecule has 0 spiro atoms. The second kappa shape index (κ2) is 8.68. The third-order valence-corrected chi connectivity index (χ3v) is 1.06. The minimum Gasteiger partial charge on any atom is -0.418 e. The number of nitrogens with zero attached hydrogens (tertiary/aromatic N) is 4. The van der Waals surface area contributed by atoms with E-state index in [4.69, 9.17) is 10.8 Å². The summed E-state index contributed by atoms with van der Waals surface area (Å²) >= 11 is 0. The normalized spacial score (nSPS) is 9.90. The van der Waals surface area contributed by atoms with Gasteiger partial charge in [-0.05, 0) is 6.07 Å². The van der Waals surface area contributed by atoms with Crippen molar-refractivity contribution in [3.8, 4) is 0 Å². The Bertz CT molecular complexity index is 434. The standard InChI is InChI=1S/C6H4N4.2BF4/c7-9-5-2-1-3-6(4-5)10-8;2*2-1(3,4)5/h1-4H;;/q+2;2*-1. The van der Waals surface area contributed by atoms with Crippen LogP contribution in [0.3, 0.4) is 0 Å². The van der Waals surface area contributed by atoms with Crippen molar-refractivity contribution < 1.29 is 34.5 Å². The van der Waals surface area contributed by atoms with E-state index in [1.165, 1.54) is 6.07 Å².